The fourth-order valence-corrected chi connectivity index (χ4v) is 2.69. The molecule has 0 radical (unpaired) electrons. The molecule has 0 aliphatic heterocycles. The number of sulfonamides is 1. The number of rotatable bonds is 5. The van der Waals surface area contributed by atoms with Crippen molar-refractivity contribution in [2.75, 3.05) is 0 Å². The molecule has 2 rings (SSSR count). The minimum Gasteiger partial charge on any atom is -0.285 e. The van der Waals surface area contributed by atoms with Crippen molar-refractivity contribution in [1.29, 1.82) is 0 Å². The highest BCUT2D eigenvalue weighted by molar-refractivity contribution is 7.89. The second kappa shape index (κ2) is 5.54. The Kier molecular flexibility index (Phi) is 4.01. The van der Waals surface area contributed by atoms with Crippen molar-refractivity contribution in [3.05, 3.63) is 47.8 Å². The van der Waals surface area contributed by atoms with Gasteiger partial charge in [-0.25, -0.2) is 13.1 Å². The lowest BCUT2D eigenvalue weighted by molar-refractivity contribution is 0.581. The van der Waals surface area contributed by atoms with Gasteiger partial charge in [-0.2, -0.15) is 5.10 Å². The topological polar surface area (TPSA) is 74.8 Å². The van der Waals surface area contributed by atoms with Gasteiger partial charge in [0.15, 0.2) is 0 Å². The molecule has 0 unspecified atom stereocenters. The molecule has 0 amide bonds. The molecular weight excluding hydrogens is 262 g/mol. The van der Waals surface area contributed by atoms with Crippen molar-refractivity contribution < 1.29 is 8.42 Å². The van der Waals surface area contributed by atoms with Crippen molar-refractivity contribution in [2.45, 2.75) is 31.2 Å². The van der Waals surface area contributed by atoms with Gasteiger partial charge in [0.2, 0.25) is 10.0 Å². The van der Waals surface area contributed by atoms with Gasteiger partial charge in [0, 0.05) is 18.3 Å². The van der Waals surface area contributed by atoms with Gasteiger partial charge in [-0.05, 0) is 23.6 Å². The zero-order chi connectivity index (χ0) is 13.9. The van der Waals surface area contributed by atoms with E-state index in [1.807, 2.05) is 12.1 Å². The first-order valence-electron chi connectivity index (χ1n) is 6.06. The van der Waals surface area contributed by atoms with Gasteiger partial charge >= 0.3 is 0 Å². The summed E-state index contributed by atoms with van der Waals surface area (Å²) < 4.78 is 26.7. The predicted molar refractivity (Wildman–Crippen MR) is 73.1 cm³/mol. The molecule has 2 N–H and O–H groups in total. The number of nitrogens with one attached hydrogen (secondary N) is 2. The summed E-state index contributed by atoms with van der Waals surface area (Å²) in [5.74, 6) is 0.385. The summed E-state index contributed by atoms with van der Waals surface area (Å²) >= 11 is 0. The minimum absolute atomic E-state index is 0.227. The van der Waals surface area contributed by atoms with E-state index < -0.39 is 10.0 Å². The van der Waals surface area contributed by atoms with Crippen molar-refractivity contribution in [2.24, 2.45) is 0 Å². The number of hydrogen-bond acceptors (Lipinski definition) is 3. The molecule has 2 aromatic rings. The Labute approximate surface area is 113 Å². The van der Waals surface area contributed by atoms with Crippen molar-refractivity contribution >= 4 is 10.0 Å². The number of H-pyrrole nitrogens is 1. The lowest BCUT2D eigenvalue weighted by atomic mass is 10.0. The molecule has 0 saturated heterocycles. The lowest BCUT2D eigenvalue weighted by Crippen LogP contribution is -2.23. The van der Waals surface area contributed by atoms with Crippen LogP contribution >= 0.6 is 0 Å². The summed E-state index contributed by atoms with van der Waals surface area (Å²) in [5, 5.41) is 6.41. The van der Waals surface area contributed by atoms with Gasteiger partial charge in [-0.3, -0.25) is 5.10 Å². The van der Waals surface area contributed by atoms with Gasteiger partial charge < -0.3 is 0 Å². The van der Waals surface area contributed by atoms with E-state index in [2.05, 4.69) is 28.8 Å². The van der Waals surface area contributed by atoms with E-state index in [4.69, 9.17) is 0 Å². The summed E-state index contributed by atoms with van der Waals surface area (Å²) in [6.45, 7) is 4.37. The highest BCUT2D eigenvalue weighted by Crippen LogP contribution is 2.17. The van der Waals surface area contributed by atoms with Crippen LogP contribution in [0.15, 0.2) is 41.6 Å². The second-order valence-electron chi connectivity index (χ2n) is 4.65. The minimum atomic E-state index is -3.47. The van der Waals surface area contributed by atoms with Crippen LogP contribution in [0.5, 0.6) is 0 Å². The Morgan fingerprint density at radius 1 is 1.26 bits per heavy atom. The maximum absolute atomic E-state index is 12.1. The van der Waals surface area contributed by atoms with E-state index in [0.717, 1.165) is 11.1 Å². The molecule has 0 aliphatic carbocycles. The molecule has 0 fully saturated rings. The van der Waals surface area contributed by atoms with Crippen molar-refractivity contribution in [3.8, 4) is 0 Å². The smallest absolute Gasteiger partial charge is 0.240 e. The van der Waals surface area contributed by atoms with Crippen LogP contribution in [0.3, 0.4) is 0 Å². The molecule has 0 aliphatic rings. The third kappa shape index (κ3) is 3.42. The van der Waals surface area contributed by atoms with Crippen LogP contribution in [0.4, 0.5) is 0 Å². The molecule has 6 heteroatoms. The fourth-order valence-electron chi connectivity index (χ4n) is 1.67. The number of aromatic amines is 1. The average Bonchev–Trinajstić information content (AvgIpc) is 2.90. The summed E-state index contributed by atoms with van der Waals surface area (Å²) in [6, 6.07) is 6.95. The number of nitrogens with zero attached hydrogens (tertiary/aromatic N) is 1. The van der Waals surface area contributed by atoms with Crippen LogP contribution in [0.1, 0.15) is 30.9 Å². The van der Waals surface area contributed by atoms with Crippen LogP contribution in [0.2, 0.25) is 0 Å². The average molecular weight is 279 g/mol. The number of hydrogen-bond donors (Lipinski definition) is 2. The third-order valence-corrected chi connectivity index (χ3v) is 4.30. The van der Waals surface area contributed by atoms with E-state index >= 15 is 0 Å². The van der Waals surface area contributed by atoms with Gasteiger partial charge in [-0.15, -0.1) is 0 Å². The maximum atomic E-state index is 12.1. The molecule has 0 spiro atoms. The Morgan fingerprint density at radius 2 is 1.95 bits per heavy atom. The number of aromatic nitrogens is 2. The largest absolute Gasteiger partial charge is 0.285 e. The molecule has 0 atom stereocenters. The van der Waals surface area contributed by atoms with Crippen LogP contribution in [-0.2, 0) is 16.6 Å². The molecule has 1 heterocycles. The highest BCUT2D eigenvalue weighted by atomic mass is 32.2. The fraction of sp³-hybridized carbons (Fsp3) is 0.308. The second-order valence-corrected chi connectivity index (χ2v) is 6.42. The van der Waals surface area contributed by atoms with E-state index in [9.17, 15) is 8.42 Å². The maximum Gasteiger partial charge on any atom is 0.240 e. The third-order valence-electron chi connectivity index (χ3n) is 2.88. The molecule has 0 bridgehead atoms. The van der Waals surface area contributed by atoms with E-state index in [0.29, 0.717) is 5.92 Å². The van der Waals surface area contributed by atoms with E-state index in [-0.39, 0.29) is 11.4 Å². The van der Waals surface area contributed by atoms with Gasteiger partial charge in [0.1, 0.15) is 0 Å². The van der Waals surface area contributed by atoms with Gasteiger partial charge in [-0.1, -0.05) is 26.0 Å². The first-order chi connectivity index (χ1) is 8.99. The molecule has 0 saturated carbocycles. The SMILES string of the molecule is CC(C)c1ccc(S(=O)(=O)NCc2cn[nH]c2)cc1. The molecule has 1 aromatic heterocycles. The Bertz CT molecular complexity index is 616. The standard InChI is InChI=1S/C13H17N3O2S/c1-10(2)12-3-5-13(6-4-12)19(17,18)16-9-11-7-14-15-8-11/h3-8,10,16H,9H2,1-2H3,(H,14,15). The molecule has 5 nitrogen and oxygen atoms in total. The zero-order valence-electron chi connectivity index (χ0n) is 10.9. The van der Waals surface area contributed by atoms with Gasteiger partial charge in [0.25, 0.3) is 0 Å². The van der Waals surface area contributed by atoms with Crippen molar-refractivity contribution in [3.63, 3.8) is 0 Å². The van der Waals surface area contributed by atoms with Crippen molar-refractivity contribution in [1.82, 2.24) is 14.9 Å². The highest BCUT2D eigenvalue weighted by Gasteiger charge is 2.14. The Hall–Kier alpha value is -1.66. The molecule has 19 heavy (non-hydrogen) atoms. The summed E-state index contributed by atoms with van der Waals surface area (Å²) in [6.07, 6.45) is 3.24. The molecule has 1 aromatic carbocycles. The first-order valence-corrected chi connectivity index (χ1v) is 7.54. The van der Waals surface area contributed by atoms with Crippen LogP contribution in [-0.4, -0.2) is 18.6 Å². The molecular formula is C13H17N3O2S. The first kappa shape index (κ1) is 13.8. The van der Waals surface area contributed by atoms with Crippen LogP contribution in [0.25, 0.3) is 0 Å². The summed E-state index contributed by atoms with van der Waals surface area (Å²) in [4.78, 5) is 0.278. The lowest BCUT2D eigenvalue weighted by Gasteiger charge is -2.08. The van der Waals surface area contributed by atoms with E-state index in [1.165, 1.54) is 0 Å². The zero-order valence-corrected chi connectivity index (χ0v) is 11.7. The predicted octanol–water partition coefficient (Wildman–Crippen LogP) is 2.01. The van der Waals surface area contributed by atoms with E-state index in [1.54, 1.807) is 24.5 Å². The quantitative estimate of drug-likeness (QED) is 0.879. The Balaban J connectivity index is 2.10. The summed E-state index contributed by atoms with van der Waals surface area (Å²) in [7, 11) is -3.47. The Morgan fingerprint density at radius 3 is 2.47 bits per heavy atom. The monoisotopic (exact) mass is 279 g/mol. The van der Waals surface area contributed by atoms with Crippen LogP contribution < -0.4 is 4.72 Å². The van der Waals surface area contributed by atoms with Crippen LogP contribution in [0, 0.1) is 0 Å². The normalized spacial score (nSPS) is 11.9. The molecule has 102 valence electrons. The summed E-state index contributed by atoms with van der Waals surface area (Å²) in [5.41, 5.74) is 1.91. The number of benzene rings is 1. The van der Waals surface area contributed by atoms with Gasteiger partial charge in [0.05, 0.1) is 11.1 Å².